The molecule has 2 unspecified atom stereocenters. The molecule has 1 N–H and O–H groups in total. The third-order valence-corrected chi connectivity index (χ3v) is 10.2. The molecule has 0 aliphatic rings. The van der Waals surface area contributed by atoms with Gasteiger partial charge in [-0.3, -0.25) is 18.6 Å². The van der Waals surface area contributed by atoms with Crippen molar-refractivity contribution in [2.45, 2.75) is 207 Å². The summed E-state index contributed by atoms with van der Waals surface area (Å²) in [5, 5.41) is 0. The Hall–Kier alpha value is -1.99. The summed E-state index contributed by atoms with van der Waals surface area (Å²) >= 11 is 0. The van der Waals surface area contributed by atoms with E-state index in [9.17, 15) is 19.0 Å². The second-order valence-corrected chi connectivity index (χ2v) is 15.8. The molecule has 0 spiro atoms. The first-order chi connectivity index (χ1) is 26.3. The molecule has 0 saturated carbocycles. The van der Waals surface area contributed by atoms with Gasteiger partial charge in [0, 0.05) is 12.8 Å². The molecule has 0 aromatic carbocycles. The van der Waals surface area contributed by atoms with E-state index in [-0.39, 0.29) is 25.6 Å². The van der Waals surface area contributed by atoms with E-state index >= 15 is 0 Å². The van der Waals surface area contributed by atoms with Gasteiger partial charge in [-0.1, -0.05) is 178 Å². The molecule has 2 atom stereocenters. The molecular formula is C45H81O8P. The Bertz CT molecular complexity index is 1020. The first-order valence-corrected chi connectivity index (χ1v) is 23.4. The van der Waals surface area contributed by atoms with Gasteiger partial charge < -0.3 is 14.4 Å². The highest BCUT2D eigenvalue weighted by Crippen LogP contribution is 2.43. The van der Waals surface area contributed by atoms with E-state index in [1.807, 2.05) is 0 Å². The van der Waals surface area contributed by atoms with Gasteiger partial charge in [-0.2, -0.15) is 0 Å². The molecule has 0 bridgehead atoms. The molecule has 0 amide bonds. The first kappa shape index (κ1) is 52.0. The van der Waals surface area contributed by atoms with Crippen LogP contribution < -0.4 is 0 Å². The van der Waals surface area contributed by atoms with E-state index in [2.05, 4.69) is 62.5 Å². The number of phosphoric acid groups is 1. The van der Waals surface area contributed by atoms with Gasteiger partial charge in [0.25, 0.3) is 0 Å². The van der Waals surface area contributed by atoms with Crippen LogP contribution in [0.4, 0.5) is 0 Å². The molecule has 0 rings (SSSR count). The maximum absolute atomic E-state index is 12.6. The minimum atomic E-state index is -4.28. The van der Waals surface area contributed by atoms with Crippen molar-refractivity contribution >= 4 is 19.8 Å². The molecular weight excluding hydrogens is 699 g/mol. The summed E-state index contributed by atoms with van der Waals surface area (Å²) in [4.78, 5) is 34.7. The van der Waals surface area contributed by atoms with Gasteiger partial charge in [0.2, 0.25) is 0 Å². The predicted octanol–water partition coefficient (Wildman–Crippen LogP) is 13.8. The largest absolute Gasteiger partial charge is 0.472 e. The van der Waals surface area contributed by atoms with Crippen LogP contribution in [0.1, 0.15) is 201 Å². The minimum absolute atomic E-state index is 0.00161. The average molecular weight is 781 g/mol. The summed E-state index contributed by atoms with van der Waals surface area (Å²) in [6, 6.07) is 0. The van der Waals surface area contributed by atoms with E-state index in [1.54, 1.807) is 6.92 Å². The normalized spacial score (nSPS) is 13.8. The van der Waals surface area contributed by atoms with Crippen molar-refractivity contribution in [3.8, 4) is 0 Å². The Morgan fingerprint density at radius 2 is 0.944 bits per heavy atom. The van der Waals surface area contributed by atoms with Crippen LogP contribution in [-0.4, -0.2) is 42.8 Å². The number of esters is 2. The van der Waals surface area contributed by atoms with Crippen LogP contribution in [0.25, 0.3) is 0 Å². The fourth-order valence-corrected chi connectivity index (χ4v) is 6.73. The lowest BCUT2D eigenvalue weighted by Gasteiger charge is -2.19. The summed E-state index contributed by atoms with van der Waals surface area (Å²) in [5.41, 5.74) is 0. The van der Waals surface area contributed by atoms with Crippen LogP contribution in [0.2, 0.25) is 0 Å². The highest BCUT2D eigenvalue weighted by molar-refractivity contribution is 7.47. The maximum atomic E-state index is 12.6. The molecule has 9 heteroatoms. The number of ether oxygens (including phenoxy) is 2. The summed E-state index contributed by atoms with van der Waals surface area (Å²) in [6.07, 6.45) is 47.3. The van der Waals surface area contributed by atoms with Crippen LogP contribution >= 0.6 is 7.82 Å². The van der Waals surface area contributed by atoms with E-state index in [1.165, 1.54) is 89.9 Å². The van der Waals surface area contributed by atoms with Crippen LogP contribution in [0.3, 0.4) is 0 Å². The van der Waals surface area contributed by atoms with Crippen LogP contribution in [0, 0.1) is 0 Å². The molecule has 0 aromatic rings. The second kappa shape index (κ2) is 40.7. The number of hydrogen-bond donors (Lipinski definition) is 1. The molecule has 0 saturated heterocycles. The zero-order valence-corrected chi connectivity index (χ0v) is 35.8. The van der Waals surface area contributed by atoms with Crippen molar-refractivity contribution < 1.29 is 37.6 Å². The Kier molecular flexibility index (Phi) is 39.2. The number of carbonyl (C=O) groups excluding carboxylic acids is 2. The fraction of sp³-hybridized carbons (Fsp3) is 0.778. The standard InChI is InChI=1S/C45H81O8P/c1-4-7-9-11-13-15-17-19-20-21-22-23-24-25-26-28-30-32-34-36-38-40-45(47)53-43(42-52-54(48,49)51-6-3)41-50-44(46)39-37-35-33-31-29-27-18-16-14-12-10-8-5-2/h7,9,13,15,19-20,22-23,43H,4-6,8,10-12,14,16-18,21,24-42H2,1-3H3,(H,48,49)/b9-7-,15-13-,20-19-,23-22-. The molecule has 0 fully saturated rings. The number of phosphoric ester groups is 1. The first-order valence-electron chi connectivity index (χ1n) is 21.9. The summed E-state index contributed by atoms with van der Waals surface area (Å²) in [5.74, 6) is -0.804. The minimum Gasteiger partial charge on any atom is -0.462 e. The molecule has 0 radical (unpaired) electrons. The lowest BCUT2D eigenvalue weighted by atomic mass is 10.0. The van der Waals surface area contributed by atoms with Crippen LogP contribution in [-0.2, 0) is 32.7 Å². The zero-order chi connectivity index (χ0) is 39.6. The SMILES string of the molecule is CC/C=C\C/C=C\C/C=C\C/C=C\CCCCCCCCCCC(=O)OC(COC(=O)CCCCCCCCCCCCCCC)COP(=O)(O)OCC. The lowest BCUT2D eigenvalue weighted by Crippen LogP contribution is -2.29. The summed E-state index contributed by atoms with van der Waals surface area (Å²) in [7, 11) is -4.28. The quantitative estimate of drug-likeness (QED) is 0.0283. The van der Waals surface area contributed by atoms with Crippen molar-refractivity contribution in [2.24, 2.45) is 0 Å². The second-order valence-electron chi connectivity index (χ2n) is 14.3. The van der Waals surface area contributed by atoms with Gasteiger partial charge in [-0.25, -0.2) is 4.57 Å². The lowest BCUT2D eigenvalue weighted by molar-refractivity contribution is -0.161. The van der Waals surface area contributed by atoms with Crippen molar-refractivity contribution in [3.05, 3.63) is 48.6 Å². The number of unbranched alkanes of at least 4 members (excludes halogenated alkanes) is 20. The van der Waals surface area contributed by atoms with Crippen LogP contribution in [0.15, 0.2) is 48.6 Å². The highest BCUT2D eigenvalue weighted by atomic mass is 31.2. The van der Waals surface area contributed by atoms with Gasteiger partial charge in [-0.15, -0.1) is 0 Å². The monoisotopic (exact) mass is 781 g/mol. The molecule has 314 valence electrons. The third-order valence-electron chi connectivity index (χ3n) is 9.15. The van der Waals surface area contributed by atoms with Crippen LogP contribution in [0.5, 0.6) is 0 Å². The molecule has 54 heavy (non-hydrogen) atoms. The molecule has 0 heterocycles. The van der Waals surface area contributed by atoms with Crippen molar-refractivity contribution in [1.82, 2.24) is 0 Å². The fourth-order valence-electron chi connectivity index (χ4n) is 5.97. The average Bonchev–Trinajstić information content (AvgIpc) is 3.15. The molecule has 0 aliphatic carbocycles. The van der Waals surface area contributed by atoms with E-state index in [4.69, 9.17) is 18.5 Å². The van der Waals surface area contributed by atoms with Crippen molar-refractivity contribution in [3.63, 3.8) is 0 Å². The molecule has 0 aromatic heterocycles. The van der Waals surface area contributed by atoms with E-state index in [0.29, 0.717) is 12.8 Å². The summed E-state index contributed by atoms with van der Waals surface area (Å²) < 4.78 is 32.6. The topological polar surface area (TPSA) is 108 Å². The number of rotatable bonds is 40. The third kappa shape index (κ3) is 39.7. The number of carbonyl (C=O) groups is 2. The Morgan fingerprint density at radius 1 is 0.519 bits per heavy atom. The zero-order valence-electron chi connectivity index (χ0n) is 34.9. The van der Waals surface area contributed by atoms with Crippen molar-refractivity contribution in [1.29, 1.82) is 0 Å². The van der Waals surface area contributed by atoms with Gasteiger partial charge in [0.05, 0.1) is 13.2 Å². The maximum Gasteiger partial charge on any atom is 0.472 e. The Labute approximate surface area is 331 Å². The Balaban J connectivity index is 4.07. The van der Waals surface area contributed by atoms with Gasteiger partial charge in [-0.05, 0) is 58.3 Å². The highest BCUT2D eigenvalue weighted by Gasteiger charge is 2.25. The predicted molar refractivity (Wildman–Crippen MR) is 225 cm³/mol. The van der Waals surface area contributed by atoms with E-state index in [0.717, 1.165) is 70.6 Å². The van der Waals surface area contributed by atoms with Gasteiger partial charge in [0.1, 0.15) is 6.61 Å². The summed E-state index contributed by atoms with van der Waals surface area (Å²) in [6.45, 7) is 5.36. The number of hydrogen-bond acceptors (Lipinski definition) is 7. The molecule has 0 aliphatic heterocycles. The molecule has 8 nitrogen and oxygen atoms in total. The number of allylic oxidation sites excluding steroid dienone is 8. The smallest absolute Gasteiger partial charge is 0.462 e. The van der Waals surface area contributed by atoms with Crippen molar-refractivity contribution in [2.75, 3.05) is 19.8 Å². The van der Waals surface area contributed by atoms with E-state index < -0.39 is 26.5 Å². The van der Waals surface area contributed by atoms with Gasteiger partial charge in [0.15, 0.2) is 6.10 Å². The Morgan fingerprint density at radius 3 is 1.43 bits per heavy atom. The van der Waals surface area contributed by atoms with Gasteiger partial charge >= 0.3 is 19.8 Å².